The Morgan fingerprint density at radius 1 is 1.07 bits per heavy atom. The van der Waals surface area contributed by atoms with Gasteiger partial charge >= 0.3 is 0 Å². The summed E-state index contributed by atoms with van der Waals surface area (Å²) >= 11 is 1.73. The second-order valence-electron chi connectivity index (χ2n) is 6.74. The predicted octanol–water partition coefficient (Wildman–Crippen LogP) is 3.68. The van der Waals surface area contributed by atoms with Gasteiger partial charge < -0.3 is 19.5 Å². The fourth-order valence-corrected chi connectivity index (χ4v) is 4.20. The highest BCUT2D eigenvalue weighted by atomic mass is 32.1. The SMILES string of the molecule is COc1cc(CNC(=O)CN(C)Cc2csc3ccccc23)cc(OC)c1OC. The third-order valence-corrected chi connectivity index (χ3v) is 5.64. The Morgan fingerprint density at radius 2 is 1.76 bits per heavy atom. The summed E-state index contributed by atoms with van der Waals surface area (Å²) in [5.41, 5.74) is 2.12. The maximum atomic E-state index is 12.4. The summed E-state index contributed by atoms with van der Waals surface area (Å²) in [7, 11) is 6.66. The molecule has 6 nitrogen and oxygen atoms in total. The topological polar surface area (TPSA) is 60.0 Å². The highest BCUT2D eigenvalue weighted by molar-refractivity contribution is 7.17. The van der Waals surface area contributed by atoms with Crippen LogP contribution in [0.25, 0.3) is 10.1 Å². The van der Waals surface area contributed by atoms with Gasteiger partial charge in [0.1, 0.15) is 0 Å². The number of nitrogens with one attached hydrogen (secondary N) is 1. The van der Waals surface area contributed by atoms with E-state index in [9.17, 15) is 4.79 Å². The van der Waals surface area contributed by atoms with Gasteiger partial charge in [-0.1, -0.05) is 18.2 Å². The quantitative estimate of drug-likeness (QED) is 0.579. The van der Waals surface area contributed by atoms with Crippen molar-refractivity contribution in [3.05, 3.63) is 52.9 Å². The molecule has 0 fully saturated rings. The van der Waals surface area contributed by atoms with Crippen molar-refractivity contribution in [1.82, 2.24) is 10.2 Å². The molecule has 29 heavy (non-hydrogen) atoms. The lowest BCUT2D eigenvalue weighted by molar-refractivity contribution is -0.122. The third-order valence-electron chi connectivity index (χ3n) is 4.63. The summed E-state index contributed by atoms with van der Waals surface area (Å²) in [6, 6.07) is 12.0. The fraction of sp³-hybridized carbons (Fsp3) is 0.318. The van der Waals surface area contributed by atoms with E-state index in [2.05, 4.69) is 22.8 Å². The zero-order chi connectivity index (χ0) is 20.8. The van der Waals surface area contributed by atoms with Gasteiger partial charge in [0.15, 0.2) is 11.5 Å². The normalized spacial score (nSPS) is 10.9. The Kier molecular flexibility index (Phi) is 6.95. The molecule has 154 valence electrons. The summed E-state index contributed by atoms with van der Waals surface area (Å²) in [5, 5.41) is 6.37. The standard InChI is InChI=1S/C22H26N2O4S/c1-24(12-16-14-29-20-8-6-5-7-17(16)20)13-21(25)23-11-15-9-18(26-2)22(28-4)19(10-15)27-3/h5-10,14H,11-13H2,1-4H3,(H,23,25). The first-order valence-corrected chi connectivity index (χ1v) is 10.1. The molecule has 0 atom stereocenters. The van der Waals surface area contributed by atoms with Crippen molar-refractivity contribution >= 4 is 27.3 Å². The minimum absolute atomic E-state index is 0.0409. The van der Waals surface area contributed by atoms with E-state index in [1.807, 2.05) is 36.2 Å². The number of thiophene rings is 1. The minimum atomic E-state index is -0.0409. The molecule has 0 aliphatic heterocycles. The second kappa shape index (κ2) is 9.62. The van der Waals surface area contributed by atoms with E-state index < -0.39 is 0 Å². The molecule has 3 aromatic rings. The summed E-state index contributed by atoms with van der Waals surface area (Å²) in [6.45, 7) is 1.42. The summed E-state index contributed by atoms with van der Waals surface area (Å²) in [6.07, 6.45) is 0. The molecule has 0 unspecified atom stereocenters. The third kappa shape index (κ3) is 4.99. The maximum Gasteiger partial charge on any atom is 0.234 e. The van der Waals surface area contributed by atoms with Crippen LogP contribution in [-0.4, -0.2) is 45.7 Å². The summed E-state index contributed by atoms with van der Waals surface area (Å²) in [5.74, 6) is 1.63. The lowest BCUT2D eigenvalue weighted by Gasteiger charge is -2.17. The van der Waals surface area contributed by atoms with Crippen LogP contribution in [0.1, 0.15) is 11.1 Å². The molecular formula is C22H26N2O4S. The number of hydrogen-bond acceptors (Lipinski definition) is 6. The van der Waals surface area contributed by atoms with Gasteiger partial charge in [-0.05, 0) is 47.1 Å². The van der Waals surface area contributed by atoms with Gasteiger partial charge in [0.05, 0.1) is 27.9 Å². The zero-order valence-electron chi connectivity index (χ0n) is 17.2. The number of methoxy groups -OCH3 is 3. The lowest BCUT2D eigenvalue weighted by atomic mass is 10.1. The van der Waals surface area contributed by atoms with E-state index >= 15 is 0 Å². The summed E-state index contributed by atoms with van der Waals surface area (Å²) in [4.78, 5) is 14.4. The summed E-state index contributed by atoms with van der Waals surface area (Å²) < 4.78 is 17.3. The Hall–Kier alpha value is -2.77. The van der Waals surface area contributed by atoms with Crippen LogP contribution < -0.4 is 19.5 Å². The van der Waals surface area contributed by atoms with Gasteiger partial charge in [-0.3, -0.25) is 9.69 Å². The average Bonchev–Trinajstić information content (AvgIpc) is 3.14. The lowest BCUT2D eigenvalue weighted by Crippen LogP contribution is -2.34. The number of benzene rings is 2. The number of fused-ring (bicyclic) bond motifs is 1. The Labute approximate surface area is 175 Å². The van der Waals surface area contributed by atoms with Crippen molar-refractivity contribution in [2.24, 2.45) is 0 Å². The number of carbonyl (C=O) groups excluding carboxylic acids is 1. The first-order chi connectivity index (χ1) is 14.0. The molecule has 0 aliphatic rings. The molecule has 1 aromatic heterocycles. The minimum Gasteiger partial charge on any atom is -0.493 e. The molecule has 1 heterocycles. The van der Waals surface area contributed by atoms with Crippen molar-refractivity contribution < 1.29 is 19.0 Å². The number of amides is 1. The Balaban J connectivity index is 1.58. The largest absolute Gasteiger partial charge is 0.493 e. The number of nitrogens with zero attached hydrogens (tertiary/aromatic N) is 1. The van der Waals surface area contributed by atoms with E-state index in [-0.39, 0.29) is 5.91 Å². The zero-order valence-corrected chi connectivity index (χ0v) is 18.0. The van der Waals surface area contributed by atoms with Crippen LogP contribution in [0.2, 0.25) is 0 Å². The molecule has 1 amide bonds. The molecule has 1 N–H and O–H groups in total. The molecule has 0 saturated carbocycles. The van der Waals surface area contributed by atoms with Crippen LogP contribution in [0.5, 0.6) is 17.2 Å². The van der Waals surface area contributed by atoms with Crippen LogP contribution in [0.4, 0.5) is 0 Å². The van der Waals surface area contributed by atoms with Gasteiger partial charge in [-0.15, -0.1) is 11.3 Å². The van der Waals surface area contributed by atoms with E-state index in [4.69, 9.17) is 14.2 Å². The van der Waals surface area contributed by atoms with Gasteiger partial charge in [-0.25, -0.2) is 0 Å². The van der Waals surface area contributed by atoms with Crippen LogP contribution in [-0.2, 0) is 17.9 Å². The van der Waals surface area contributed by atoms with Crippen molar-refractivity contribution in [2.45, 2.75) is 13.1 Å². The van der Waals surface area contributed by atoms with Gasteiger partial charge in [0.25, 0.3) is 0 Å². The molecule has 0 saturated heterocycles. The molecule has 0 aliphatic carbocycles. The first kappa shape index (κ1) is 21.0. The van der Waals surface area contributed by atoms with Crippen LogP contribution >= 0.6 is 11.3 Å². The molecular weight excluding hydrogens is 388 g/mol. The first-order valence-electron chi connectivity index (χ1n) is 9.25. The van der Waals surface area contributed by atoms with Crippen molar-refractivity contribution in [3.8, 4) is 17.2 Å². The van der Waals surface area contributed by atoms with E-state index in [0.29, 0.717) is 30.3 Å². The Bertz CT molecular complexity index is 961. The molecule has 3 rings (SSSR count). The number of rotatable bonds is 9. The van der Waals surface area contributed by atoms with Gasteiger partial charge in [0.2, 0.25) is 11.7 Å². The van der Waals surface area contributed by atoms with E-state index in [1.165, 1.54) is 15.6 Å². The molecule has 0 radical (unpaired) electrons. The van der Waals surface area contributed by atoms with Gasteiger partial charge in [0, 0.05) is 17.8 Å². The predicted molar refractivity (Wildman–Crippen MR) is 116 cm³/mol. The number of likely N-dealkylation sites (N-methyl/N-ethyl adjacent to an activating group) is 1. The Morgan fingerprint density at radius 3 is 2.41 bits per heavy atom. The van der Waals surface area contributed by atoms with Crippen molar-refractivity contribution in [3.63, 3.8) is 0 Å². The van der Waals surface area contributed by atoms with Crippen LogP contribution in [0.15, 0.2) is 41.8 Å². The average molecular weight is 415 g/mol. The second-order valence-corrected chi connectivity index (χ2v) is 7.65. The number of ether oxygens (including phenoxy) is 3. The number of hydrogen-bond donors (Lipinski definition) is 1. The maximum absolute atomic E-state index is 12.4. The number of carbonyl (C=O) groups is 1. The molecule has 2 aromatic carbocycles. The smallest absolute Gasteiger partial charge is 0.234 e. The van der Waals surface area contributed by atoms with Crippen LogP contribution in [0, 0.1) is 0 Å². The highest BCUT2D eigenvalue weighted by Gasteiger charge is 2.14. The highest BCUT2D eigenvalue weighted by Crippen LogP contribution is 2.38. The van der Waals surface area contributed by atoms with Crippen molar-refractivity contribution in [2.75, 3.05) is 34.9 Å². The molecule has 0 spiro atoms. The van der Waals surface area contributed by atoms with E-state index in [1.54, 1.807) is 32.7 Å². The molecule has 0 bridgehead atoms. The fourth-order valence-electron chi connectivity index (χ4n) is 3.24. The monoisotopic (exact) mass is 414 g/mol. The molecule has 7 heteroatoms. The van der Waals surface area contributed by atoms with E-state index in [0.717, 1.165) is 12.1 Å². The van der Waals surface area contributed by atoms with Gasteiger partial charge in [-0.2, -0.15) is 0 Å². The van der Waals surface area contributed by atoms with Crippen LogP contribution in [0.3, 0.4) is 0 Å². The van der Waals surface area contributed by atoms with Crippen molar-refractivity contribution in [1.29, 1.82) is 0 Å².